The average Bonchev–Trinajstić information content (AvgIpc) is 3.15. The number of rotatable bonds is 6. The first-order valence-electron chi connectivity index (χ1n) is 9.99. The van der Waals surface area contributed by atoms with Crippen molar-refractivity contribution >= 4 is 17.5 Å². The van der Waals surface area contributed by atoms with E-state index in [-0.39, 0.29) is 5.91 Å². The Balaban J connectivity index is 1.50. The number of carbonyl (C=O) groups is 1. The van der Waals surface area contributed by atoms with Crippen molar-refractivity contribution in [2.75, 3.05) is 26.3 Å². The molecule has 1 saturated heterocycles. The Morgan fingerprint density at radius 3 is 2.57 bits per heavy atom. The summed E-state index contributed by atoms with van der Waals surface area (Å²) in [7, 11) is 0. The zero-order chi connectivity index (χ0) is 20.9. The molecule has 2 aromatic carbocycles. The van der Waals surface area contributed by atoms with E-state index in [2.05, 4.69) is 21.4 Å². The third kappa shape index (κ3) is 4.56. The molecule has 1 fully saturated rings. The van der Waals surface area contributed by atoms with Gasteiger partial charge in [0, 0.05) is 31.7 Å². The van der Waals surface area contributed by atoms with Gasteiger partial charge in [0.25, 0.3) is 5.91 Å². The Morgan fingerprint density at radius 2 is 1.80 bits per heavy atom. The van der Waals surface area contributed by atoms with E-state index < -0.39 is 0 Å². The molecule has 0 saturated carbocycles. The number of hydrogen-bond donors (Lipinski definition) is 1. The molecule has 1 aromatic heterocycles. The van der Waals surface area contributed by atoms with Crippen LogP contribution in [-0.4, -0.2) is 42.3 Å². The van der Waals surface area contributed by atoms with E-state index in [4.69, 9.17) is 20.9 Å². The minimum absolute atomic E-state index is 0.232. The van der Waals surface area contributed by atoms with Crippen LogP contribution in [0.1, 0.15) is 27.2 Å². The number of amides is 1. The summed E-state index contributed by atoms with van der Waals surface area (Å²) in [6.07, 6.45) is 0. The van der Waals surface area contributed by atoms with Gasteiger partial charge in [-0.15, -0.1) is 0 Å². The van der Waals surface area contributed by atoms with Gasteiger partial charge in [-0.25, -0.2) is 0 Å². The van der Waals surface area contributed by atoms with Gasteiger partial charge in [0.15, 0.2) is 0 Å². The van der Waals surface area contributed by atoms with Crippen LogP contribution in [0, 0.1) is 6.92 Å². The summed E-state index contributed by atoms with van der Waals surface area (Å²) in [5.74, 6) is 0.230. The highest BCUT2D eigenvalue weighted by Crippen LogP contribution is 2.31. The second kappa shape index (κ2) is 9.43. The number of benzene rings is 2. The third-order valence-corrected chi connectivity index (χ3v) is 5.60. The lowest BCUT2D eigenvalue weighted by Crippen LogP contribution is -2.36. The molecule has 4 rings (SSSR count). The molecule has 1 aliphatic rings. The van der Waals surface area contributed by atoms with Crippen molar-refractivity contribution in [3.05, 3.63) is 76.0 Å². The fourth-order valence-corrected chi connectivity index (χ4v) is 3.85. The molecular formula is C23H24ClN3O3. The summed E-state index contributed by atoms with van der Waals surface area (Å²) >= 11 is 6.30. The molecule has 7 heteroatoms. The van der Waals surface area contributed by atoms with Crippen LogP contribution in [0.4, 0.5) is 0 Å². The summed E-state index contributed by atoms with van der Waals surface area (Å²) < 4.78 is 10.7. The fourth-order valence-electron chi connectivity index (χ4n) is 3.62. The molecule has 0 aliphatic carbocycles. The van der Waals surface area contributed by atoms with Crippen LogP contribution in [-0.2, 0) is 17.8 Å². The normalized spacial score (nSPS) is 14.6. The number of halogens is 1. The first-order valence-corrected chi connectivity index (χ1v) is 10.4. The SMILES string of the molecule is Cc1onc(-c2ccccc2Cl)c1C(=O)NCc1ccccc1CN1CCOCC1. The highest BCUT2D eigenvalue weighted by atomic mass is 35.5. The molecule has 1 amide bonds. The maximum atomic E-state index is 13.0. The number of aromatic nitrogens is 1. The molecule has 30 heavy (non-hydrogen) atoms. The molecule has 0 spiro atoms. The van der Waals surface area contributed by atoms with Crippen molar-refractivity contribution in [1.29, 1.82) is 0 Å². The summed E-state index contributed by atoms with van der Waals surface area (Å²) in [5, 5.41) is 7.63. The number of nitrogens with zero attached hydrogens (tertiary/aromatic N) is 2. The summed E-state index contributed by atoms with van der Waals surface area (Å²) in [5.41, 5.74) is 3.83. The minimum Gasteiger partial charge on any atom is -0.379 e. The lowest BCUT2D eigenvalue weighted by atomic mass is 10.0. The average molecular weight is 426 g/mol. The molecule has 6 nitrogen and oxygen atoms in total. The van der Waals surface area contributed by atoms with Gasteiger partial charge in [0.1, 0.15) is 17.0 Å². The molecule has 3 aromatic rings. The lowest BCUT2D eigenvalue weighted by Gasteiger charge is -2.27. The van der Waals surface area contributed by atoms with Gasteiger partial charge in [-0.3, -0.25) is 9.69 Å². The number of nitrogens with one attached hydrogen (secondary N) is 1. The quantitative estimate of drug-likeness (QED) is 0.644. The van der Waals surface area contributed by atoms with Crippen molar-refractivity contribution in [3.63, 3.8) is 0 Å². The van der Waals surface area contributed by atoms with E-state index in [0.717, 1.165) is 38.4 Å². The van der Waals surface area contributed by atoms with E-state index in [9.17, 15) is 4.79 Å². The van der Waals surface area contributed by atoms with Gasteiger partial charge in [0.2, 0.25) is 0 Å². The molecular weight excluding hydrogens is 402 g/mol. The second-order valence-corrected chi connectivity index (χ2v) is 7.69. The molecule has 156 valence electrons. The summed E-state index contributed by atoms with van der Waals surface area (Å²) in [6, 6.07) is 15.5. The predicted molar refractivity (Wildman–Crippen MR) is 115 cm³/mol. The van der Waals surface area contributed by atoms with Crippen LogP contribution < -0.4 is 5.32 Å². The molecule has 0 bridgehead atoms. The zero-order valence-corrected chi connectivity index (χ0v) is 17.6. The van der Waals surface area contributed by atoms with Crippen molar-refractivity contribution in [2.45, 2.75) is 20.0 Å². The molecule has 0 atom stereocenters. The van der Waals surface area contributed by atoms with Crippen LogP contribution in [0.15, 0.2) is 53.1 Å². The number of hydrogen-bond acceptors (Lipinski definition) is 5. The number of ether oxygens (including phenoxy) is 1. The number of morpholine rings is 1. The fraction of sp³-hybridized carbons (Fsp3) is 0.304. The van der Waals surface area contributed by atoms with Gasteiger partial charge < -0.3 is 14.6 Å². The Hall–Kier alpha value is -2.67. The van der Waals surface area contributed by atoms with Crippen molar-refractivity contribution in [2.24, 2.45) is 0 Å². The smallest absolute Gasteiger partial charge is 0.257 e. The first kappa shape index (κ1) is 20.6. The third-order valence-electron chi connectivity index (χ3n) is 5.27. The van der Waals surface area contributed by atoms with Crippen LogP contribution in [0.25, 0.3) is 11.3 Å². The highest BCUT2D eigenvalue weighted by molar-refractivity contribution is 6.33. The summed E-state index contributed by atoms with van der Waals surface area (Å²) in [6.45, 7) is 6.35. The standard InChI is InChI=1S/C23H24ClN3O3/c1-16-21(22(26-30-16)19-8-4-5-9-20(19)24)23(28)25-14-17-6-2-3-7-18(17)15-27-10-12-29-13-11-27/h2-9H,10-15H2,1H3,(H,25,28). The molecule has 0 unspecified atom stereocenters. The minimum atomic E-state index is -0.232. The van der Waals surface area contributed by atoms with E-state index in [1.807, 2.05) is 36.4 Å². The van der Waals surface area contributed by atoms with Gasteiger partial charge in [0.05, 0.1) is 18.2 Å². The Kier molecular flexibility index (Phi) is 6.47. The molecule has 1 aliphatic heterocycles. The van der Waals surface area contributed by atoms with E-state index in [1.54, 1.807) is 13.0 Å². The van der Waals surface area contributed by atoms with Crippen LogP contribution >= 0.6 is 11.6 Å². The van der Waals surface area contributed by atoms with Gasteiger partial charge in [-0.1, -0.05) is 59.2 Å². The number of carbonyl (C=O) groups excluding carboxylic acids is 1. The van der Waals surface area contributed by atoms with Crippen molar-refractivity contribution in [1.82, 2.24) is 15.4 Å². The largest absolute Gasteiger partial charge is 0.379 e. The van der Waals surface area contributed by atoms with Crippen LogP contribution in [0.2, 0.25) is 5.02 Å². The van der Waals surface area contributed by atoms with E-state index in [1.165, 1.54) is 5.56 Å². The van der Waals surface area contributed by atoms with Crippen LogP contribution in [0.5, 0.6) is 0 Å². The van der Waals surface area contributed by atoms with E-state index >= 15 is 0 Å². The van der Waals surface area contributed by atoms with Crippen molar-refractivity contribution < 1.29 is 14.1 Å². The number of aryl methyl sites for hydroxylation is 1. The lowest BCUT2D eigenvalue weighted by molar-refractivity contribution is 0.0340. The zero-order valence-electron chi connectivity index (χ0n) is 16.9. The molecule has 2 heterocycles. The monoisotopic (exact) mass is 425 g/mol. The Labute approximate surface area is 180 Å². The maximum absolute atomic E-state index is 13.0. The predicted octanol–water partition coefficient (Wildman–Crippen LogP) is 4.07. The van der Waals surface area contributed by atoms with Crippen LogP contribution in [0.3, 0.4) is 0 Å². The van der Waals surface area contributed by atoms with Gasteiger partial charge in [-0.2, -0.15) is 0 Å². The highest BCUT2D eigenvalue weighted by Gasteiger charge is 2.23. The Morgan fingerprint density at radius 1 is 1.10 bits per heavy atom. The van der Waals surface area contributed by atoms with Gasteiger partial charge in [-0.05, 0) is 24.1 Å². The Bertz CT molecular complexity index is 1030. The molecule has 1 N–H and O–H groups in total. The van der Waals surface area contributed by atoms with E-state index in [0.29, 0.717) is 34.1 Å². The van der Waals surface area contributed by atoms with Crippen molar-refractivity contribution in [3.8, 4) is 11.3 Å². The summed E-state index contributed by atoms with van der Waals surface area (Å²) in [4.78, 5) is 15.4. The second-order valence-electron chi connectivity index (χ2n) is 7.28. The molecule has 0 radical (unpaired) electrons. The maximum Gasteiger partial charge on any atom is 0.257 e. The topological polar surface area (TPSA) is 67.6 Å². The first-order chi connectivity index (χ1) is 14.6. The van der Waals surface area contributed by atoms with Gasteiger partial charge >= 0.3 is 0 Å².